The van der Waals surface area contributed by atoms with Gasteiger partial charge in [-0.05, 0) is 58.3 Å². The van der Waals surface area contributed by atoms with Crippen molar-refractivity contribution >= 4 is 23.1 Å². The second-order valence-corrected chi connectivity index (χ2v) is 9.99. The molecule has 3 aromatic rings. The Labute approximate surface area is 242 Å². The van der Waals surface area contributed by atoms with E-state index < -0.39 is 0 Å². The average molecular weight is 562 g/mol. The maximum absolute atomic E-state index is 13.5. The summed E-state index contributed by atoms with van der Waals surface area (Å²) >= 11 is 0. The number of hydrogen-bond donors (Lipinski definition) is 1. The Morgan fingerprint density at radius 2 is 1.78 bits per heavy atom. The topological polar surface area (TPSA) is 106 Å². The van der Waals surface area contributed by atoms with Crippen molar-refractivity contribution in [1.82, 2.24) is 14.9 Å². The maximum atomic E-state index is 13.5. The van der Waals surface area contributed by atoms with Gasteiger partial charge in [0.15, 0.2) is 0 Å². The van der Waals surface area contributed by atoms with Crippen LogP contribution in [0.1, 0.15) is 41.3 Å². The highest BCUT2D eigenvalue weighted by atomic mass is 16.5. The van der Waals surface area contributed by atoms with E-state index in [9.17, 15) is 9.59 Å². The van der Waals surface area contributed by atoms with Crippen molar-refractivity contribution in [3.63, 3.8) is 0 Å². The minimum atomic E-state index is -0.328. The molecule has 0 saturated heterocycles. The third-order valence-corrected chi connectivity index (χ3v) is 6.22. The van der Waals surface area contributed by atoms with Crippen LogP contribution in [-0.4, -0.2) is 81.1 Å². The number of benzene rings is 2. The molecular formula is C31H39N5O5. The molecule has 0 aliphatic rings. The van der Waals surface area contributed by atoms with Gasteiger partial charge in [-0.15, -0.1) is 0 Å². The lowest BCUT2D eigenvalue weighted by Gasteiger charge is -2.25. The molecule has 10 nitrogen and oxygen atoms in total. The van der Waals surface area contributed by atoms with Gasteiger partial charge in [0.1, 0.15) is 28.8 Å². The minimum absolute atomic E-state index is 0.136. The van der Waals surface area contributed by atoms with E-state index in [0.29, 0.717) is 34.3 Å². The predicted octanol–water partition coefficient (Wildman–Crippen LogP) is 4.23. The standard InChI is InChI=1S/C31H39N5O5/c1-9-30(37)34-25-16-21(27(40-8)19-26(25)36(6)15-14-35(4)5)17-29-32-13-12-24(33-29)31(38)23-11-10-22(39-7)18-28(23)41-20(2)3/h9-13,16,18-20H,1,14-15,17H2,2-8H3,(H,34,37). The zero-order valence-electron chi connectivity index (χ0n) is 24.9. The van der Waals surface area contributed by atoms with Gasteiger partial charge in [-0.1, -0.05) is 6.58 Å². The fraction of sp³-hybridized carbons (Fsp3) is 0.355. The first kappa shape index (κ1) is 31.1. The molecule has 218 valence electrons. The fourth-order valence-electron chi connectivity index (χ4n) is 4.10. The van der Waals surface area contributed by atoms with E-state index in [1.165, 1.54) is 6.08 Å². The number of methoxy groups -OCH3 is 2. The van der Waals surface area contributed by atoms with E-state index in [1.807, 2.05) is 52.0 Å². The number of ketones is 1. The van der Waals surface area contributed by atoms with Gasteiger partial charge < -0.3 is 29.3 Å². The van der Waals surface area contributed by atoms with Gasteiger partial charge in [-0.25, -0.2) is 9.97 Å². The number of hydrogen-bond acceptors (Lipinski definition) is 9. The number of amides is 1. The van der Waals surface area contributed by atoms with Crippen molar-refractivity contribution in [1.29, 1.82) is 0 Å². The molecule has 0 fully saturated rings. The smallest absolute Gasteiger partial charge is 0.247 e. The van der Waals surface area contributed by atoms with Crippen LogP contribution in [0.5, 0.6) is 17.2 Å². The van der Waals surface area contributed by atoms with Crippen LogP contribution in [0.15, 0.2) is 55.3 Å². The van der Waals surface area contributed by atoms with Crippen LogP contribution in [0.25, 0.3) is 0 Å². The van der Waals surface area contributed by atoms with Crippen molar-refractivity contribution in [3.05, 3.63) is 77.9 Å². The zero-order valence-corrected chi connectivity index (χ0v) is 24.9. The molecular weight excluding hydrogens is 522 g/mol. The number of carbonyl (C=O) groups excluding carboxylic acids is 2. The second-order valence-electron chi connectivity index (χ2n) is 9.99. The van der Waals surface area contributed by atoms with Gasteiger partial charge in [-0.2, -0.15) is 0 Å². The largest absolute Gasteiger partial charge is 0.497 e. The van der Waals surface area contributed by atoms with Crippen molar-refractivity contribution in [2.45, 2.75) is 26.4 Å². The fourth-order valence-corrected chi connectivity index (χ4v) is 4.10. The summed E-state index contributed by atoms with van der Waals surface area (Å²) in [5, 5.41) is 2.90. The highest BCUT2D eigenvalue weighted by Gasteiger charge is 2.20. The Kier molecular flexibility index (Phi) is 10.8. The van der Waals surface area contributed by atoms with E-state index in [1.54, 1.807) is 44.7 Å². The number of likely N-dealkylation sites (N-methyl/N-ethyl adjacent to an activating group) is 2. The maximum Gasteiger partial charge on any atom is 0.247 e. The molecule has 0 unspecified atom stereocenters. The van der Waals surface area contributed by atoms with E-state index in [4.69, 9.17) is 14.2 Å². The van der Waals surface area contributed by atoms with Gasteiger partial charge in [-0.3, -0.25) is 9.59 Å². The number of aromatic nitrogens is 2. The van der Waals surface area contributed by atoms with Gasteiger partial charge in [0, 0.05) is 50.5 Å². The Morgan fingerprint density at radius 1 is 1.02 bits per heavy atom. The molecule has 0 spiro atoms. The predicted molar refractivity (Wildman–Crippen MR) is 161 cm³/mol. The number of ether oxygens (including phenoxy) is 3. The molecule has 10 heteroatoms. The minimum Gasteiger partial charge on any atom is -0.497 e. The highest BCUT2D eigenvalue weighted by Crippen LogP contribution is 2.35. The second kappa shape index (κ2) is 14.3. The molecule has 3 rings (SSSR count). The van der Waals surface area contributed by atoms with Crippen LogP contribution >= 0.6 is 0 Å². The van der Waals surface area contributed by atoms with Crippen molar-refractivity contribution in [2.75, 3.05) is 58.7 Å². The molecule has 41 heavy (non-hydrogen) atoms. The number of nitrogens with one attached hydrogen (secondary N) is 1. The Hall–Kier alpha value is -4.44. The number of anilines is 2. The van der Waals surface area contributed by atoms with Gasteiger partial charge >= 0.3 is 0 Å². The first-order valence-electron chi connectivity index (χ1n) is 13.3. The van der Waals surface area contributed by atoms with Crippen LogP contribution in [-0.2, 0) is 11.2 Å². The summed E-state index contributed by atoms with van der Waals surface area (Å²) in [6.45, 7) is 8.90. The van der Waals surface area contributed by atoms with Gasteiger partial charge in [0.2, 0.25) is 11.7 Å². The summed E-state index contributed by atoms with van der Waals surface area (Å²) in [6, 6.07) is 10.4. The Balaban J connectivity index is 1.98. The molecule has 1 aromatic heterocycles. The van der Waals surface area contributed by atoms with E-state index in [0.717, 1.165) is 24.3 Å². The lowest BCUT2D eigenvalue weighted by Crippen LogP contribution is -2.29. The van der Waals surface area contributed by atoms with Crippen LogP contribution in [0.4, 0.5) is 11.4 Å². The summed E-state index contributed by atoms with van der Waals surface area (Å²) in [5.41, 5.74) is 2.75. The van der Waals surface area contributed by atoms with Crippen LogP contribution in [0.3, 0.4) is 0 Å². The summed E-state index contributed by atoms with van der Waals surface area (Å²) in [7, 11) is 9.11. The quantitative estimate of drug-likeness (QED) is 0.229. The van der Waals surface area contributed by atoms with Crippen LogP contribution in [0.2, 0.25) is 0 Å². The average Bonchev–Trinajstić information content (AvgIpc) is 2.95. The molecule has 0 saturated carbocycles. The molecule has 1 heterocycles. The number of carbonyl (C=O) groups is 2. The molecule has 2 aromatic carbocycles. The SMILES string of the molecule is C=CC(=O)Nc1cc(Cc2nccc(C(=O)c3ccc(OC)cc3OC(C)C)n2)c(OC)cc1N(C)CCN(C)C. The van der Waals surface area contributed by atoms with Gasteiger partial charge in [0.25, 0.3) is 0 Å². The van der Waals surface area contributed by atoms with Crippen molar-refractivity contribution in [2.24, 2.45) is 0 Å². The monoisotopic (exact) mass is 561 g/mol. The molecule has 1 amide bonds. The zero-order chi connectivity index (χ0) is 30.1. The first-order chi connectivity index (χ1) is 19.6. The summed E-state index contributed by atoms with van der Waals surface area (Å²) < 4.78 is 16.9. The van der Waals surface area contributed by atoms with Crippen LogP contribution < -0.4 is 24.4 Å². The van der Waals surface area contributed by atoms with E-state index in [-0.39, 0.29) is 29.9 Å². The third kappa shape index (κ3) is 8.28. The lowest BCUT2D eigenvalue weighted by molar-refractivity contribution is -0.111. The first-order valence-corrected chi connectivity index (χ1v) is 13.3. The molecule has 1 N–H and O–H groups in total. The molecule has 0 radical (unpaired) electrons. The lowest BCUT2D eigenvalue weighted by atomic mass is 10.0. The third-order valence-electron chi connectivity index (χ3n) is 6.22. The van der Waals surface area contributed by atoms with Crippen molar-refractivity contribution < 1.29 is 23.8 Å². The Morgan fingerprint density at radius 3 is 2.41 bits per heavy atom. The molecule has 0 bridgehead atoms. The molecule has 0 aliphatic heterocycles. The Bertz CT molecular complexity index is 1390. The summed E-state index contributed by atoms with van der Waals surface area (Å²) in [6.07, 6.45) is 2.91. The molecule has 0 aliphatic carbocycles. The van der Waals surface area contributed by atoms with E-state index in [2.05, 4.69) is 26.8 Å². The van der Waals surface area contributed by atoms with Gasteiger partial charge in [0.05, 0.1) is 37.3 Å². The molecule has 0 atom stereocenters. The summed E-state index contributed by atoms with van der Waals surface area (Å²) in [5.74, 6) is 1.41. The highest BCUT2D eigenvalue weighted by molar-refractivity contribution is 6.09. The van der Waals surface area contributed by atoms with Crippen molar-refractivity contribution in [3.8, 4) is 17.2 Å². The number of nitrogens with zero attached hydrogens (tertiary/aromatic N) is 4. The van der Waals surface area contributed by atoms with Crippen LogP contribution in [0, 0.1) is 0 Å². The normalized spacial score (nSPS) is 10.9. The number of rotatable bonds is 14. The van der Waals surface area contributed by atoms with E-state index >= 15 is 0 Å². The summed E-state index contributed by atoms with van der Waals surface area (Å²) in [4.78, 5) is 38.9.